The molecule has 0 spiro atoms. The zero-order chi connectivity index (χ0) is 17.5. The van der Waals surface area contributed by atoms with E-state index in [2.05, 4.69) is 11.8 Å². The highest BCUT2D eigenvalue weighted by atomic mass is 19.1. The number of hydrogen-bond acceptors (Lipinski definition) is 3. The van der Waals surface area contributed by atoms with E-state index in [0.717, 1.165) is 5.56 Å². The lowest BCUT2D eigenvalue weighted by Crippen LogP contribution is -2.49. The van der Waals surface area contributed by atoms with Gasteiger partial charge in [-0.2, -0.15) is 0 Å². The summed E-state index contributed by atoms with van der Waals surface area (Å²) in [5, 5.41) is 0. The lowest BCUT2D eigenvalue weighted by atomic mass is 10.2. The van der Waals surface area contributed by atoms with E-state index in [-0.39, 0.29) is 18.5 Å². The number of benzene rings is 2. The molecule has 1 aliphatic rings. The molecule has 5 heteroatoms. The van der Waals surface area contributed by atoms with Crippen molar-refractivity contribution in [2.75, 3.05) is 37.7 Å². The number of carbonyl (C=O) groups is 1. The van der Waals surface area contributed by atoms with Crippen LogP contribution in [0.4, 0.5) is 14.9 Å². The Morgan fingerprint density at radius 1 is 1.00 bits per heavy atom. The van der Waals surface area contributed by atoms with Crippen molar-refractivity contribution in [2.45, 2.75) is 0 Å². The Kier molecular flexibility index (Phi) is 5.53. The highest BCUT2D eigenvalue weighted by molar-refractivity contribution is 5.68. The molecule has 2 aromatic rings. The van der Waals surface area contributed by atoms with Crippen LogP contribution in [-0.2, 0) is 4.74 Å². The number of halogens is 1. The van der Waals surface area contributed by atoms with E-state index < -0.39 is 0 Å². The minimum Gasteiger partial charge on any atom is -0.436 e. The van der Waals surface area contributed by atoms with Crippen LogP contribution in [0.3, 0.4) is 0 Å². The van der Waals surface area contributed by atoms with E-state index in [4.69, 9.17) is 4.74 Å². The van der Waals surface area contributed by atoms with E-state index >= 15 is 0 Å². The maximum atomic E-state index is 13.8. The first-order valence-electron chi connectivity index (χ1n) is 8.19. The second-order valence-electron chi connectivity index (χ2n) is 5.65. The van der Waals surface area contributed by atoms with Crippen LogP contribution >= 0.6 is 0 Å². The van der Waals surface area contributed by atoms with Gasteiger partial charge in [0.2, 0.25) is 0 Å². The summed E-state index contributed by atoms with van der Waals surface area (Å²) in [4.78, 5) is 15.6. The monoisotopic (exact) mass is 338 g/mol. The lowest BCUT2D eigenvalue weighted by molar-refractivity contribution is 0.111. The SMILES string of the molecule is O=C(OCC#Cc1ccccc1)N1CCN(c2ccccc2F)CC1. The van der Waals surface area contributed by atoms with Crippen molar-refractivity contribution >= 4 is 11.8 Å². The first kappa shape index (κ1) is 16.8. The standard InChI is InChI=1S/C20H19FN2O2/c21-18-10-4-5-11-19(18)22-12-14-23(15-13-22)20(24)25-16-6-9-17-7-2-1-3-8-17/h1-5,7-8,10-11H,12-16H2. The summed E-state index contributed by atoms with van der Waals surface area (Å²) in [6.07, 6.45) is -0.379. The maximum Gasteiger partial charge on any atom is 0.410 e. The molecule has 4 nitrogen and oxygen atoms in total. The van der Waals surface area contributed by atoms with Crippen molar-refractivity contribution in [1.82, 2.24) is 4.90 Å². The molecule has 0 radical (unpaired) electrons. The van der Waals surface area contributed by atoms with Gasteiger partial charge in [0, 0.05) is 31.7 Å². The van der Waals surface area contributed by atoms with Gasteiger partial charge in [0.25, 0.3) is 0 Å². The topological polar surface area (TPSA) is 32.8 Å². The van der Waals surface area contributed by atoms with Crippen molar-refractivity contribution in [3.8, 4) is 11.8 Å². The molecule has 3 rings (SSSR count). The fraction of sp³-hybridized carbons (Fsp3) is 0.250. The van der Waals surface area contributed by atoms with E-state index in [1.165, 1.54) is 6.07 Å². The summed E-state index contributed by atoms with van der Waals surface area (Å²) in [6.45, 7) is 2.21. The first-order chi connectivity index (χ1) is 12.2. The first-order valence-corrected chi connectivity index (χ1v) is 8.19. The number of rotatable bonds is 2. The molecule has 0 unspecified atom stereocenters. The van der Waals surface area contributed by atoms with Gasteiger partial charge in [-0.15, -0.1) is 0 Å². The van der Waals surface area contributed by atoms with Gasteiger partial charge < -0.3 is 14.5 Å². The van der Waals surface area contributed by atoms with Crippen LogP contribution in [0, 0.1) is 17.7 Å². The molecule has 128 valence electrons. The predicted molar refractivity (Wildman–Crippen MR) is 94.9 cm³/mol. The maximum absolute atomic E-state index is 13.8. The molecule has 0 bridgehead atoms. The Bertz CT molecular complexity index is 775. The molecule has 1 aliphatic heterocycles. The lowest BCUT2D eigenvalue weighted by Gasteiger charge is -2.35. The van der Waals surface area contributed by atoms with Crippen molar-refractivity contribution in [3.05, 3.63) is 66.0 Å². The molecule has 0 aromatic heterocycles. The number of hydrogen-bond donors (Lipinski definition) is 0. The van der Waals surface area contributed by atoms with Gasteiger partial charge in [-0.05, 0) is 24.3 Å². The minimum absolute atomic E-state index is 0.0568. The molecule has 1 fully saturated rings. The molecule has 1 amide bonds. The zero-order valence-corrected chi connectivity index (χ0v) is 13.8. The van der Waals surface area contributed by atoms with Gasteiger partial charge in [-0.3, -0.25) is 0 Å². The molecule has 0 saturated carbocycles. The van der Waals surface area contributed by atoms with Gasteiger partial charge >= 0.3 is 6.09 Å². The number of ether oxygens (including phenoxy) is 1. The van der Waals surface area contributed by atoms with Gasteiger partial charge in [0.05, 0.1) is 5.69 Å². The fourth-order valence-electron chi connectivity index (χ4n) is 2.69. The zero-order valence-electron chi connectivity index (χ0n) is 13.8. The molecule has 1 heterocycles. The average molecular weight is 338 g/mol. The molecular weight excluding hydrogens is 319 g/mol. The van der Waals surface area contributed by atoms with E-state index in [1.54, 1.807) is 17.0 Å². The molecule has 2 aromatic carbocycles. The molecule has 25 heavy (non-hydrogen) atoms. The van der Waals surface area contributed by atoms with Crippen LogP contribution in [-0.4, -0.2) is 43.8 Å². The van der Waals surface area contributed by atoms with E-state index in [1.807, 2.05) is 41.3 Å². The van der Waals surface area contributed by atoms with Crippen molar-refractivity contribution in [2.24, 2.45) is 0 Å². The quantitative estimate of drug-likeness (QED) is 0.789. The summed E-state index contributed by atoms with van der Waals surface area (Å²) in [5.74, 6) is 5.54. The summed E-state index contributed by atoms with van der Waals surface area (Å²) in [6, 6.07) is 16.2. The van der Waals surface area contributed by atoms with Crippen LogP contribution in [0.2, 0.25) is 0 Å². The third kappa shape index (κ3) is 4.51. The molecular formula is C20H19FN2O2. The number of piperazine rings is 1. The summed E-state index contributed by atoms with van der Waals surface area (Å²) in [7, 11) is 0. The van der Waals surface area contributed by atoms with Gasteiger partial charge in [0.1, 0.15) is 5.82 Å². The van der Waals surface area contributed by atoms with Crippen molar-refractivity contribution in [3.63, 3.8) is 0 Å². The fourth-order valence-corrected chi connectivity index (χ4v) is 2.69. The predicted octanol–water partition coefficient (Wildman–Crippen LogP) is 3.14. The van der Waals surface area contributed by atoms with Crippen molar-refractivity contribution < 1.29 is 13.9 Å². The Hall–Kier alpha value is -3.00. The summed E-state index contributed by atoms with van der Waals surface area (Å²) < 4.78 is 19.0. The van der Waals surface area contributed by atoms with Crippen LogP contribution in [0.15, 0.2) is 54.6 Å². The van der Waals surface area contributed by atoms with E-state index in [0.29, 0.717) is 31.9 Å². The number of amides is 1. The third-order valence-electron chi connectivity index (χ3n) is 4.01. The second kappa shape index (κ2) is 8.20. The third-order valence-corrected chi connectivity index (χ3v) is 4.01. The normalized spacial score (nSPS) is 13.8. The average Bonchev–Trinajstić information content (AvgIpc) is 2.66. The Morgan fingerprint density at radius 3 is 2.40 bits per heavy atom. The van der Waals surface area contributed by atoms with Crippen LogP contribution in [0.1, 0.15) is 5.56 Å². The molecule has 0 N–H and O–H groups in total. The van der Waals surface area contributed by atoms with Gasteiger partial charge in [-0.25, -0.2) is 9.18 Å². The van der Waals surface area contributed by atoms with Crippen LogP contribution in [0.25, 0.3) is 0 Å². The highest BCUT2D eigenvalue weighted by Crippen LogP contribution is 2.20. The van der Waals surface area contributed by atoms with Gasteiger partial charge in [0.15, 0.2) is 6.61 Å². The molecule has 0 aliphatic carbocycles. The largest absolute Gasteiger partial charge is 0.436 e. The highest BCUT2D eigenvalue weighted by Gasteiger charge is 2.23. The number of anilines is 1. The van der Waals surface area contributed by atoms with Crippen LogP contribution in [0.5, 0.6) is 0 Å². The Labute approximate surface area is 146 Å². The van der Waals surface area contributed by atoms with Crippen LogP contribution < -0.4 is 4.90 Å². The number of nitrogens with zero attached hydrogens (tertiary/aromatic N) is 2. The van der Waals surface area contributed by atoms with Crippen molar-refractivity contribution in [1.29, 1.82) is 0 Å². The van der Waals surface area contributed by atoms with E-state index in [9.17, 15) is 9.18 Å². The smallest absolute Gasteiger partial charge is 0.410 e. The molecule has 0 atom stereocenters. The number of para-hydroxylation sites is 1. The minimum atomic E-state index is -0.379. The number of carbonyl (C=O) groups excluding carboxylic acids is 1. The Balaban J connectivity index is 1.46. The Morgan fingerprint density at radius 2 is 1.68 bits per heavy atom. The summed E-state index contributed by atoms with van der Waals surface area (Å²) in [5.41, 5.74) is 1.46. The second-order valence-corrected chi connectivity index (χ2v) is 5.65. The van der Waals surface area contributed by atoms with Gasteiger partial charge in [-0.1, -0.05) is 42.2 Å². The summed E-state index contributed by atoms with van der Waals surface area (Å²) >= 11 is 0. The molecule has 1 saturated heterocycles.